The van der Waals surface area contributed by atoms with Gasteiger partial charge >= 0.3 is 0 Å². The minimum absolute atomic E-state index is 0.0666. The van der Waals surface area contributed by atoms with Gasteiger partial charge in [0.05, 0.1) is 39.5 Å². The molecule has 3 aromatic heterocycles. The molecule has 5 aromatic carbocycles. The molecule has 212 valence electrons. The average molecular weight is 577 g/mol. The van der Waals surface area contributed by atoms with Crippen LogP contribution in [0.2, 0.25) is 0 Å². The number of benzene rings is 5. The summed E-state index contributed by atoms with van der Waals surface area (Å²) in [5.41, 5.74) is 14.6. The second-order valence-electron chi connectivity index (χ2n) is 11.6. The van der Waals surface area contributed by atoms with E-state index in [1.165, 1.54) is 38.7 Å². The van der Waals surface area contributed by atoms with Crippen molar-refractivity contribution in [2.45, 2.75) is 6.04 Å². The molecule has 0 spiro atoms. The van der Waals surface area contributed by atoms with Gasteiger partial charge in [0.25, 0.3) is 0 Å². The largest absolute Gasteiger partial charge is 0.373 e. The first-order valence-corrected chi connectivity index (χ1v) is 15.3. The molecular formula is C41H28N4. The lowest BCUT2D eigenvalue weighted by molar-refractivity contribution is 0.918. The van der Waals surface area contributed by atoms with Crippen LogP contribution in [0.15, 0.2) is 152 Å². The van der Waals surface area contributed by atoms with Gasteiger partial charge in [-0.2, -0.15) is 0 Å². The van der Waals surface area contributed by atoms with Crippen molar-refractivity contribution < 1.29 is 0 Å². The van der Waals surface area contributed by atoms with Gasteiger partial charge in [0.2, 0.25) is 0 Å². The van der Waals surface area contributed by atoms with Crippen molar-refractivity contribution in [1.29, 1.82) is 0 Å². The number of hydrogen-bond acceptors (Lipinski definition) is 3. The Morgan fingerprint density at radius 3 is 2.00 bits per heavy atom. The molecule has 9 rings (SSSR count). The van der Waals surface area contributed by atoms with Crippen molar-refractivity contribution in [2.75, 3.05) is 5.32 Å². The molecular weight excluding hydrogens is 548 g/mol. The summed E-state index contributed by atoms with van der Waals surface area (Å²) >= 11 is 0. The topological polar surface area (TPSA) is 42.2 Å². The molecule has 8 aromatic rings. The first-order chi connectivity index (χ1) is 22.3. The fourth-order valence-corrected chi connectivity index (χ4v) is 6.56. The molecule has 0 saturated heterocycles. The summed E-state index contributed by atoms with van der Waals surface area (Å²) in [5, 5.41) is 4.87. The molecule has 0 amide bonds. The van der Waals surface area contributed by atoms with E-state index in [1.54, 1.807) is 0 Å². The lowest BCUT2D eigenvalue weighted by atomic mass is 9.96. The van der Waals surface area contributed by atoms with E-state index in [9.17, 15) is 0 Å². The molecule has 0 bridgehead atoms. The second kappa shape index (κ2) is 10.3. The summed E-state index contributed by atoms with van der Waals surface area (Å²) in [6.07, 6.45) is 6.19. The van der Waals surface area contributed by atoms with Gasteiger partial charge in [-0.15, -0.1) is 0 Å². The maximum Gasteiger partial charge on any atom is 0.0950 e. The summed E-state index contributed by atoms with van der Waals surface area (Å²) in [6, 6.07) is 49.5. The van der Waals surface area contributed by atoms with Crippen LogP contribution in [0, 0.1) is 0 Å². The standard InChI is InChI=1S/C41H28N4/c1-3-10-38-33(7-1)26-40-41(44-36-9-2-4-11-39(36)45(38)40)31-19-16-28(17-20-31)27-12-14-29(15-13-27)32-21-18-30-22-23-35(43-37(30)25-32)34-8-5-6-24-42-34/h1-26,35,43H. The highest BCUT2D eigenvalue weighted by Gasteiger charge is 2.17. The van der Waals surface area contributed by atoms with Crippen LogP contribution in [0.4, 0.5) is 5.69 Å². The highest BCUT2D eigenvalue weighted by Crippen LogP contribution is 2.35. The maximum absolute atomic E-state index is 5.14. The van der Waals surface area contributed by atoms with Crippen LogP contribution in [-0.2, 0) is 0 Å². The highest BCUT2D eigenvalue weighted by atomic mass is 15.0. The van der Waals surface area contributed by atoms with Gasteiger partial charge in [0.15, 0.2) is 0 Å². The molecule has 1 aliphatic rings. The zero-order chi connectivity index (χ0) is 29.7. The van der Waals surface area contributed by atoms with Crippen molar-refractivity contribution in [3.8, 4) is 33.5 Å². The average Bonchev–Trinajstić information content (AvgIpc) is 3.51. The number of hydrogen-bond donors (Lipinski definition) is 1. The van der Waals surface area contributed by atoms with Crippen LogP contribution in [0.5, 0.6) is 0 Å². The predicted octanol–water partition coefficient (Wildman–Crippen LogP) is 10.2. The van der Waals surface area contributed by atoms with Gasteiger partial charge in [-0.3, -0.25) is 4.98 Å². The number of pyridine rings is 1. The van der Waals surface area contributed by atoms with Gasteiger partial charge in [-0.05, 0) is 70.3 Å². The van der Waals surface area contributed by atoms with E-state index in [4.69, 9.17) is 4.98 Å². The van der Waals surface area contributed by atoms with Crippen LogP contribution >= 0.6 is 0 Å². The minimum Gasteiger partial charge on any atom is -0.373 e. The fourth-order valence-electron chi connectivity index (χ4n) is 6.56. The van der Waals surface area contributed by atoms with Crippen molar-refractivity contribution in [3.05, 3.63) is 163 Å². The number of anilines is 1. The van der Waals surface area contributed by atoms with Crippen molar-refractivity contribution in [2.24, 2.45) is 0 Å². The Bertz CT molecular complexity index is 2380. The van der Waals surface area contributed by atoms with Crippen LogP contribution in [0.3, 0.4) is 0 Å². The first-order valence-electron chi connectivity index (χ1n) is 15.3. The zero-order valence-electron chi connectivity index (χ0n) is 24.4. The molecule has 0 fully saturated rings. The number of rotatable bonds is 4. The molecule has 1 atom stereocenters. The van der Waals surface area contributed by atoms with Gasteiger partial charge in [0.1, 0.15) is 0 Å². The van der Waals surface area contributed by atoms with Gasteiger partial charge in [-0.25, -0.2) is 4.98 Å². The van der Waals surface area contributed by atoms with E-state index in [-0.39, 0.29) is 6.04 Å². The molecule has 1 unspecified atom stereocenters. The number of para-hydroxylation sites is 3. The number of fused-ring (bicyclic) bond motifs is 6. The zero-order valence-corrected chi connectivity index (χ0v) is 24.4. The maximum atomic E-state index is 5.14. The Balaban J connectivity index is 1.02. The molecule has 4 heteroatoms. The Morgan fingerprint density at radius 1 is 0.556 bits per heavy atom. The van der Waals surface area contributed by atoms with Crippen LogP contribution in [0.25, 0.3) is 67.0 Å². The van der Waals surface area contributed by atoms with E-state index in [0.29, 0.717) is 0 Å². The van der Waals surface area contributed by atoms with Crippen LogP contribution < -0.4 is 5.32 Å². The molecule has 4 nitrogen and oxygen atoms in total. The van der Waals surface area contributed by atoms with Crippen molar-refractivity contribution in [3.63, 3.8) is 0 Å². The SMILES string of the molecule is C1=CC(c2ccccn2)Nc2cc(-c3ccc(-c4ccc(-c5nc6ccccc6n6c5cc5ccccc56)cc4)cc3)ccc21. The lowest BCUT2D eigenvalue weighted by Crippen LogP contribution is -2.13. The summed E-state index contributed by atoms with van der Waals surface area (Å²) in [5.74, 6) is 0. The third-order valence-corrected chi connectivity index (χ3v) is 8.86. The highest BCUT2D eigenvalue weighted by molar-refractivity contribution is 5.98. The smallest absolute Gasteiger partial charge is 0.0950 e. The minimum atomic E-state index is 0.0666. The predicted molar refractivity (Wildman–Crippen MR) is 186 cm³/mol. The molecule has 0 saturated carbocycles. The van der Waals surface area contributed by atoms with Crippen LogP contribution in [-0.4, -0.2) is 14.4 Å². The molecule has 4 heterocycles. The number of aromatic nitrogens is 3. The van der Waals surface area contributed by atoms with Gasteiger partial charge in [-0.1, -0.05) is 109 Å². The Labute approximate surface area is 261 Å². The molecule has 0 radical (unpaired) electrons. The second-order valence-corrected chi connectivity index (χ2v) is 11.6. The number of nitrogens with one attached hydrogen (secondary N) is 1. The molecule has 1 N–H and O–H groups in total. The van der Waals surface area contributed by atoms with Gasteiger partial charge < -0.3 is 9.72 Å². The number of nitrogens with zero attached hydrogens (tertiary/aromatic N) is 3. The Kier molecular flexibility index (Phi) is 5.85. The normalized spacial score (nSPS) is 14.1. The quantitative estimate of drug-likeness (QED) is 0.227. The summed E-state index contributed by atoms with van der Waals surface area (Å²) in [7, 11) is 0. The third-order valence-electron chi connectivity index (χ3n) is 8.86. The lowest BCUT2D eigenvalue weighted by Gasteiger charge is -2.22. The molecule has 1 aliphatic heterocycles. The van der Waals surface area contributed by atoms with E-state index >= 15 is 0 Å². The van der Waals surface area contributed by atoms with Crippen molar-refractivity contribution >= 4 is 39.2 Å². The Morgan fingerprint density at radius 2 is 1.22 bits per heavy atom. The molecule has 0 aliphatic carbocycles. The van der Waals surface area contributed by atoms with Gasteiger partial charge in [0, 0.05) is 22.8 Å². The van der Waals surface area contributed by atoms with Crippen molar-refractivity contribution in [1.82, 2.24) is 14.4 Å². The summed E-state index contributed by atoms with van der Waals surface area (Å²) < 4.78 is 2.34. The van der Waals surface area contributed by atoms with E-state index in [2.05, 4.69) is 154 Å². The fraction of sp³-hybridized carbons (Fsp3) is 0.0244. The summed E-state index contributed by atoms with van der Waals surface area (Å²) in [4.78, 5) is 9.67. The van der Waals surface area contributed by atoms with E-state index in [1.807, 2.05) is 18.3 Å². The first kappa shape index (κ1) is 25.5. The monoisotopic (exact) mass is 576 g/mol. The molecule has 45 heavy (non-hydrogen) atoms. The van der Waals surface area contributed by atoms with E-state index in [0.717, 1.165) is 39.2 Å². The Hall–Kier alpha value is -6.00. The van der Waals surface area contributed by atoms with Crippen LogP contribution in [0.1, 0.15) is 17.3 Å². The summed E-state index contributed by atoms with van der Waals surface area (Å²) in [6.45, 7) is 0. The third kappa shape index (κ3) is 4.38. The van der Waals surface area contributed by atoms with E-state index < -0.39 is 0 Å².